The molecule has 0 heterocycles. The Balaban J connectivity index is 2.29. The van der Waals surface area contributed by atoms with Crippen LogP contribution in [0.25, 0.3) is 0 Å². The first kappa shape index (κ1) is 16.8. The van der Waals surface area contributed by atoms with Gasteiger partial charge in [0.05, 0.1) is 0 Å². The molecule has 0 saturated heterocycles. The van der Waals surface area contributed by atoms with Crippen LogP contribution < -0.4 is 5.32 Å². The SMILES string of the molecule is CC(CCCl)CNC(=O)C1CCC(C(C)(C)C)CC1. The molecule has 1 aliphatic carbocycles. The van der Waals surface area contributed by atoms with Crippen LogP contribution in [0.2, 0.25) is 0 Å². The van der Waals surface area contributed by atoms with Crippen molar-refractivity contribution in [1.29, 1.82) is 0 Å². The predicted molar refractivity (Wildman–Crippen MR) is 82.4 cm³/mol. The van der Waals surface area contributed by atoms with Gasteiger partial charge in [-0.05, 0) is 49.4 Å². The van der Waals surface area contributed by atoms with Crippen LogP contribution in [0.1, 0.15) is 59.8 Å². The van der Waals surface area contributed by atoms with Crippen LogP contribution in [0.3, 0.4) is 0 Å². The van der Waals surface area contributed by atoms with E-state index >= 15 is 0 Å². The Morgan fingerprint density at radius 3 is 2.32 bits per heavy atom. The fourth-order valence-corrected chi connectivity index (χ4v) is 3.30. The molecule has 19 heavy (non-hydrogen) atoms. The highest BCUT2D eigenvalue weighted by atomic mass is 35.5. The van der Waals surface area contributed by atoms with E-state index in [1.807, 2.05) is 0 Å². The third-order valence-corrected chi connectivity index (χ3v) is 4.77. The highest BCUT2D eigenvalue weighted by Crippen LogP contribution is 2.39. The lowest BCUT2D eigenvalue weighted by Gasteiger charge is -2.36. The lowest BCUT2D eigenvalue weighted by molar-refractivity contribution is -0.126. The van der Waals surface area contributed by atoms with Gasteiger partial charge in [-0.3, -0.25) is 4.79 Å². The summed E-state index contributed by atoms with van der Waals surface area (Å²) in [5.74, 6) is 2.42. The van der Waals surface area contributed by atoms with E-state index in [1.54, 1.807) is 0 Å². The van der Waals surface area contributed by atoms with E-state index in [9.17, 15) is 4.79 Å². The molecular weight excluding hydrogens is 258 g/mol. The molecular formula is C16H30ClNO. The third-order valence-electron chi connectivity index (χ3n) is 4.55. The number of halogens is 1. The van der Waals surface area contributed by atoms with E-state index in [1.165, 1.54) is 12.8 Å². The Hall–Kier alpha value is -0.240. The van der Waals surface area contributed by atoms with E-state index in [-0.39, 0.29) is 11.8 Å². The summed E-state index contributed by atoms with van der Waals surface area (Å²) in [7, 11) is 0. The second kappa shape index (κ2) is 7.52. The second-order valence-electron chi connectivity index (χ2n) is 7.24. The Bertz CT molecular complexity index is 277. The molecule has 1 atom stereocenters. The normalized spacial score (nSPS) is 25.9. The van der Waals surface area contributed by atoms with Gasteiger partial charge in [0.15, 0.2) is 0 Å². The summed E-state index contributed by atoms with van der Waals surface area (Å²) < 4.78 is 0. The molecule has 1 fully saturated rings. The van der Waals surface area contributed by atoms with Crippen LogP contribution in [0.15, 0.2) is 0 Å². The minimum Gasteiger partial charge on any atom is -0.356 e. The van der Waals surface area contributed by atoms with Gasteiger partial charge in [0.2, 0.25) is 5.91 Å². The molecule has 0 radical (unpaired) electrons. The van der Waals surface area contributed by atoms with Crippen molar-refractivity contribution >= 4 is 17.5 Å². The lowest BCUT2D eigenvalue weighted by Crippen LogP contribution is -2.37. The van der Waals surface area contributed by atoms with E-state index in [0.717, 1.165) is 31.7 Å². The summed E-state index contributed by atoms with van der Waals surface area (Å²) in [5.41, 5.74) is 0.385. The molecule has 0 spiro atoms. The van der Waals surface area contributed by atoms with Gasteiger partial charge in [0.1, 0.15) is 0 Å². The largest absolute Gasteiger partial charge is 0.356 e. The maximum absolute atomic E-state index is 12.1. The molecule has 1 N–H and O–H groups in total. The van der Waals surface area contributed by atoms with Crippen molar-refractivity contribution in [2.24, 2.45) is 23.2 Å². The van der Waals surface area contributed by atoms with Crippen molar-refractivity contribution in [2.75, 3.05) is 12.4 Å². The zero-order valence-electron chi connectivity index (χ0n) is 13.0. The number of rotatable bonds is 5. The molecule has 1 aliphatic rings. The number of alkyl halides is 1. The van der Waals surface area contributed by atoms with Gasteiger partial charge in [0.25, 0.3) is 0 Å². The predicted octanol–water partition coefficient (Wildman–Crippen LogP) is 4.22. The topological polar surface area (TPSA) is 29.1 Å². The third kappa shape index (κ3) is 5.72. The van der Waals surface area contributed by atoms with Gasteiger partial charge in [-0.1, -0.05) is 27.7 Å². The maximum Gasteiger partial charge on any atom is 0.223 e. The quantitative estimate of drug-likeness (QED) is 0.754. The number of carbonyl (C=O) groups excluding carboxylic acids is 1. The minimum atomic E-state index is 0.238. The summed E-state index contributed by atoms with van der Waals surface area (Å²) in [6.45, 7) is 9.84. The Morgan fingerprint density at radius 2 is 1.84 bits per heavy atom. The van der Waals surface area contributed by atoms with Gasteiger partial charge < -0.3 is 5.32 Å². The Kier molecular flexibility index (Phi) is 6.65. The van der Waals surface area contributed by atoms with Gasteiger partial charge in [-0.2, -0.15) is 0 Å². The van der Waals surface area contributed by atoms with E-state index < -0.39 is 0 Å². The zero-order valence-corrected chi connectivity index (χ0v) is 13.7. The molecule has 0 bridgehead atoms. The van der Waals surface area contributed by atoms with Crippen molar-refractivity contribution in [3.8, 4) is 0 Å². The summed E-state index contributed by atoms with van der Waals surface area (Å²) in [5, 5.41) is 3.09. The fourth-order valence-electron chi connectivity index (χ4n) is 2.93. The second-order valence-corrected chi connectivity index (χ2v) is 7.62. The number of hydrogen-bond donors (Lipinski definition) is 1. The molecule has 0 aromatic rings. The highest BCUT2D eigenvalue weighted by molar-refractivity contribution is 6.17. The molecule has 1 amide bonds. The minimum absolute atomic E-state index is 0.238. The van der Waals surface area contributed by atoms with Gasteiger partial charge in [0, 0.05) is 18.3 Å². The van der Waals surface area contributed by atoms with Crippen LogP contribution in [-0.4, -0.2) is 18.3 Å². The van der Waals surface area contributed by atoms with Crippen molar-refractivity contribution in [2.45, 2.75) is 59.8 Å². The van der Waals surface area contributed by atoms with Crippen LogP contribution in [0.4, 0.5) is 0 Å². The van der Waals surface area contributed by atoms with Crippen molar-refractivity contribution in [3.05, 3.63) is 0 Å². The molecule has 112 valence electrons. The van der Waals surface area contributed by atoms with Crippen LogP contribution in [0, 0.1) is 23.2 Å². The smallest absolute Gasteiger partial charge is 0.223 e. The van der Waals surface area contributed by atoms with Crippen molar-refractivity contribution < 1.29 is 4.79 Å². The summed E-state index contributed by atoms with van der Waals surface area (Å²) >= 11 is 5.71. The number of nitrogens with one attached hydrogen (secondary N) is 1. The first-order valence-electron chi connectivity index (χ1n) is 7.68. The standard InChI is InChI=1S/C16H30ClNO/c1-12(9-10-17)11-18-15(19)13-5-7-14(8-6-13)16(2,3)4/h12-14H,5-11H2,1-4H3,(H,18,19). The summed E-state index contributed by atoms with van der Waals surface area (Å²) in [6.07, 6.45) is 5.46. The van der Waals surface area contributed by atoms with E-state index in [2.05, 4.69) is 33.0 Å². The van der Waals surface area contributed by atoms with Gasteiger partial charge in [-0.25, -0.2) is 0 Å². The zero-order chi connectivity index (χ0) is 14.5. The molecule has 2 nitrogen and oxygen atoms in total. The molecule has 0 aromatic heterocycles. The van der Waals surface area contributed by atoms with E-state index in [0.29, 0.717) is 17.2 Å². The monoisotopic (exact) mass is 287 g/mol. The van der Waals surface area contributed by atoms with Crippen molar-refractivity contribution in [3.63, 3.8) is 0 Å². The van der Waals surface area contributed by atoms with Gasteiger partial charge in [-0.15, -0.1) is 11.6 Å². The Morgan fingerprint density at radius 1 is 1.26 bits per heavy atom. The van der Waals surface area contributed by atoms with Crippen LogP contribution >= 0.6 is 11.6 Å². The lowest BCUT2D eigenvalue weighted by atomic mass is 9.69. The number of hydrogen-bond acceptors (Lipinski definition) is 1. The van der Waals surface area contributed by atoms with Crippen LogP contribution in [-0.2, 0) is 4.79 Å². The Labute approximate surface area is 123 Å². The van der Waals surface area contributed by atoms with Crippen molar-refractivity contribution in [1.82, 2.24) is 5.32 Å². The molecule has 3 heteroatoms. The fraction of sp³-hybridized carbons (Fsp3) is 0.938. The summed E-state index contributed by atoms with van der Waals surface area (Å²) in [4.78, 5) is 12.1. The van der Waals surface area contributed by atoms with E-state index in [4.69, 9.17) is 11.6 Å². The molecule has 1 rings (SSSR count). The molecule has 1 unspecified atom stereocenters. The average molecular weight is 288 g/mol. The molecule has 1 saturated carbocycles. The molecule has 0 aromatic carbocycles. The first-order valence-corrected chi connectivity index (χ1v) is 8.21. The number of amides is 1. The summed E-state index contributed by atoms with van der Waals surface area (Å²) in [6, 6.07) is 0. The van der Waals surface area contributed by atoms with Crippen LogP contribution in [0.5, 0.6) is 0 Å². The maximum atomic E-state index is 12.1. The first-order chi connectivity index (χ1) is 8.84. The average Bonchev–Trinajstić information content (AvgIpc) is 2.35. The van der Waals surface area contributed by atoms with Gasteiger partial charge >= 0.3 is 0 Å². The highest BCUT2D eigenvalue weighted by Gasteiger charge is 2.32. The molecule has 0 aliphatic heterocycles. The number of carbonyl (C=O) groups is 1.